The molecule has 1 aliphatic heterocycles. The van der Waals surface area contributed by atoms with Gasteiger partial charge in [-0.15, -0.1) is 0 Å². The summed E-state index contributed by atoms with van der Waals surface area (Å²) in [6.07, 6.45) is 1.81. The highest BCUT2D eigenvalue weighted by atomic mass is 35.5. The number of hydrogen-bond acceptors (Lipinski definition) is 6. The first-order valence-corrected chi connectivity index (χ1v) is 11.2. The summed E-state index contributed by atoms with van der Waals surface area (Å²) in [4.78, 5) is 31.4. The van der Waals surface area contributed by atoms with Crippen LogP contribution in [0.25, 0.3) is 6.08 Å². The number of benzene rings is 2. The molecule has 8 heteroatoms. The lowest BCUT2D eigenvalue weighted by Crippen LogP contribution is -2.39. The van der Waals surface area contributed by atoms with Crippen LogP contribution in [0.3, 0.4) is 0 Å². The minimum absolute atomic E-state index is 0.223. The maximum atomic E-state index is 13.5. The number of aromatic nitrogens is 1. The molecule has 0 bridgehead atoms. The predicted octanol–water partition coefficient (Wildman–Crippen LogP) is 3.46. The Morgan fingerprint density at radius 3 is 2.50 bits per heavy atom. The molecule has 1 aromatic heterocycles. The van der Waals surface area contributed by atoms with Gasteiger partial charge >= 0.3 is 5.97 Å². The van der Waals surface area contributed by atoms with Crippen molar-refractivity contribution in [1.82, 2.24) is 4.57 Å². The molecule has 0 fully saturated rings. The molecular formula is C24H21ClN2O4S. The van der Waals surface area contributed by atoms with E-state index in [9.17, 15) is 9.59 Å². The quantitative estimate of drug-likeness (QED) is 0.538. The van der Waals surface area contributed by atoms with E-state index in [2.05, 4.69) is 4.99 Å². The Morgan fingerprint density at radius 1 is 1.19 bits per heavy atom. The molecule has 0 unspecified atom stereocenters. The van der Waals surface area contributed by atoms with Gasteiger partial charge in [0.25, 0.3) is 5.56 Å². The van der Waals surface area contributed by atoms with Gasteiger partial charge in [-0.25, -0.2) is 9.79 Å². The van der Waals surface area contributed by atoms with Gasteiger partial charge in [0, 0.05) is 5.02 Å². The van der Waals surface area contributed by atoms with Crippen LogP contribution in [-0.4, -0.2) is 24.3 Å². The summed E-state index contributed by atoms with van der Waals surface area (Å²) >= 11 is 7.36. The third-order valence-corrected chi connectivity index (χ3v) is 6.35. The number of carbonyl (C=O) groups excluding carboxylic acids is 1. The highest BCUT2D eigenvalue weighted by molar-refractivity contribution is 7.07. The molecule has 0 saturated carbocycles. The monoisotopic (exact) mass is 468 g/mol. The summed E-state index contributed by atoms with van der Waals surface area (Å²) in [6, 6.07) is 13.9. The van der Waals surface area contributed by atoms with E-state index < -0.39 is 12.0 Å². The van der Waals surface area contributed by atoms with Crippen LogP contribution in [0.5, 0.6) is 5.75 Å². The number of hydrogen-bond donors (Lipinski definition) is 0. The molecule has 3 aromatic rings. The zero-order chi connectivity index (χ0) is 22.8. The van der Waals surface area contributed by atoms with Gasteiger partial charge in [-0.2, -0.15) is 0 Å². The van der Waals surface area contributed by atoms with Crippen LogP contribution in [0.1, 0.15) is 31.0 Å². The first-order chi connectivity index (χ1) is 15.4. The Kier molecular flexibility index (Phi) is 6.30. The molecule has 6 nitrogen and oxygen atoms in total. The SMILES string of the molecule is CCOC(=O)C1=C(C)N=c2sc(=Cc3ccc(OC)cc3)c(=O)n2[C@@H]1c1ccc(Cl)cc1. The van der Waals surface area contributed by atoms with Crippen LogP contribution < -0.4 is 19.6 Å². The lowest BCUT2D eigenvalue weighted by Gasteiger charge is -2.24. The normalized spacial score (nSPS) is 15.9. The molecule has 0 spiro atoms. The zero-order valence-corrected chi connectivity index (χ0v) is 19.4. The summed E-state index contributed by atoms with van der Waals surface area (Å²) in [7, 11) is 1.60. The maximum absolute atomic E-state index is 13.5. The van der Waals surface area contributed by atoms with Gasteiger partial charge in [0.15, 0.2) is 4.80 Å². The van der Waals surface area contributed by atoms with E-state index in [4.69, 9.17) is 21.1 Å². The second-order valence-electron chi connectivity index (χ2n) is 7.13. The van der Waals surface area contributed by atoms with E-state index in [1.165, 1.54) is 11.3 Å². The van der Waals surface area contributed by atoms with Gasteiger partial charge in [0.1, 0.15) is 5.75 Å². The molecule has 4 rings (SSSR count). The van der Waals surface area contributed by atoms with Crippen molar-refractivity contribution in [2.45, 2.75) is 19.9 Å². The van der Waals surface area contributed by atoms with Crippen molar-refractivity contribution in [1.29, 1.82) is 0 Å². The lowest BCUT2D eigenvalue weighted by molar-refractivity contribution is -0.139. The molecule has 1 atom stereocenters. The number of fused-ring (bicyclic) bond motifs is 1. The Balaban J connectivity index is 1.92. The molecule has 164 valence electrons. The molecule has 32 heavy (non-hydrogen) atoms. The fraction of sp³-hybridized carbons (Fsp3) is 0.208. The molecule has 0 saturated heterocycles. The zero-order valence-electron chi connectivity index (χ0n) is 17.8. The molecule has 0 N–H and O–H groups in total. The van der Waals surface area contributed by atoms with Crippen LogP contribution >= 0.6 is 22.9 Å². The number of allylic oxidation sites excluding steroid dienone is 1. The Labute approximate surface area is 193 Å². The van der Waals surface area contributed by atoms with Gasteiger partial charge in [-0.3, -0.25) is 9.36 Å². The number of ether oxygens (including phenoxy) is 2. The minimum Gasteiger partial charge on any atom is -0.497 e. The smallest absolute Gasteiger partial charge is 0.338 e. The van der Waals surface area contributed by atoms with E-state index in [1.54, 1.807) is 37.7 Å². The molecule has 2 heterocycles. The van der Waals surface area contributed by atoms with Crippen molar-refractivity contribution in [2.75, 3.05) is 13.7 Å². The fourth-order valence-corrected chi connectivity index (χ4v) is 4.78. The summed E-state index contributed by atoms with van der Waals surface area (Å²) in [6.45, 7) is 3.73. The van der Waals surface area contributed by atoms with Crippen molar-refractivity contribution in [3.8, 4) is 5.75 Å². The second-order valence-corrected chi connectivity index (χ2v) is 8.57. The van der Waals surface area contributed by atoms with Gasteiger partial charge in [0.05, 0.1) is 35.6 Å². The number of thiazole rings is 1. The standard InChI is InChI=1S/C24H21ClN2O4S/c1-4-31-23(29)20-14(2)26-24-27(21(20)16-7-9-17(25)10-8-16)22(28)19(32-24)13-15-5-11-18(30-3)12-6-15/h5-13,21H,4H2,1-3H3/t21-/m1/s1. The first-order valence-electron chi connectivity index (χ1n) is 10.0. The van der Waals surface area contributed by atoms with E-state index in [0.717, 1.165) is 16.9 Å². The van der Waals surface area contributed by atoms with Crippen molar-refractivity contribution < 1.29 is 14.3 Å². The minimum atomic E-state index is -0.652. The Bertz CT molecular complexity index is 1370. The number of methoxy groups -OCH3 is 1. The van der Waals surface area contributed by atoms with Crippen LogP contribution in [0.2, 0.25) is 5.02 Å². The molecular weight excluding hydrogens is 448 g/mol. The lowest BCUT2D eigenvalue weighted by atomic mass is 9.96. The summed E-state index contributed by atoms with van der Waals surface area (Å²) in [5, 5.41) is 0.569. The van der Waals surface area contributed by atoms with E-state index in [1.807, 2.05) is 42.5 Å². The van der Waals surface area contributed by atoms with Gasteiger partial charge < -0.3 is 9.47 Å². The average molecular weight is 469 g/mol. The Morgan fingerprint density at radius 2 is 1.88 bits per heavy atom. The highest BCUT2D eigenvalue weighted by Crippen LogP contribution is 2.31. The number of esters is 1. The molecule has 0 amide bonds. The number of nitrogens with zero attached hydrogens (tertiary/aromatic N) is 2. The van der Waals surface area contributed by atoms with Crippen molar-refractivity contribution in [3.05, 3.63) is 95.6 Å². The Hall–Kier alpha value is -3.16. The van der Waals surface area contributed by atoms with Crippen molar-refractivity contribution in [2.24, 2.45) is 4.99 Å². The summed E-state index contributed by atoms with van der Waals surface area (Å²) in [5.74, 6) is 0.249. The topological polar surface area (TPSA) is 69.9 Å². The van der Waals surface area contributed by atoms with E-state index >= 15 is 0 Å². The number of carbonyl (C=O) groups is 1. The molecule has 1 aliphatic rings. The van der Waals surface area contributed by atoms with Crippen molar-refractivity contribution >= 4 is 35.0 Å². The fourth-order valence-electron chi connectivity index (χ4n) is 3.60. The number of halogens is 1. The third kappa shape index (κ3) is 4.13. The van der Waals surface area contributed by atoms with Crippen LogP contribution in [-0.2, 0) is 9.53 Å². The van der Waals surface area contributed by atoms with Gasteiger partial charge in [-0.1, -0.05) is 47.2 Å². The molecule has 0 aliphatic carbocycles. The second kappa shape index (κ2) is 9.14. The first kappa shape index (κ1) is 22.0. The number of rotatable bonds is 5. The van der Waals surface area contributed by atoms with Crippen LogP contribution in [0, 0.1) is 0 Å². The van der Waals surface area contributed by atoms with E-state index in [0.29, 0.717) is 25.6 Å². The summed E-state index contributed by atoms with van der Waals surface area (Å²) < 4.78 is 12.6. The average Bonchev–Trinajstić information content (AvgIpc) is 3.08. The summed E-state index contributed by atoms with van der Waals surface area (Å²) in [5.41, 5.74) is 2.27. The van der Waals surface area contributed by atoms with Gasteiger partial charge in [-0.05, 0) is 55.3 Å². The maximum Gasteiger partial charge on any atom is 0.338 e. The van der Waals surface area contributed by atoms with E-state index in [-0.39, 0.29) is 12.2 Å². The van der Waals surface area contributed by atoms with Crippen LogP contribution in [0.15, 0.2) is 69.6 Å². The van der Waals surface area contributed by atoms with Crippen molar-refractivity contribution in [3.63, 3.8) is 0 Å². The predicted molar refractivity (Wildman–Crippen MR) is 125 cm³/mol. The van der Waals surface area contributed by atoms with Gasteiger partial charge in [0.2, 0.25) is 0 Å². The third-order valence-electron chi connectivity index (χ3n) is 5.12. The largest absolute Gasteiger partial charge is 0.497 e. The van der Waals surface area contributed by atoms with Crippen LogP contribution in [0.4, 0.5) is 0 Å². The highest BCUT2D eigenvalue weighted by Gasteiger charge is 2.33. The molecule has 0 radical (unpaired) electrons. The molecule has 2 aromatic carbocycles.